The van der Waals surface area contributed by atoms with Crippen LogP contribution in [0.2, 0.25) is 5.02 Å². The Kier molecular flexibility index (Phi) is 4.91. The highest BCUT2D eigenvalue weighted by Crippen LogP contribution is 2.30. The number of nitrogens with one attached hydrogen (secondary N) is 1. The van der Waals surface area contributed by atoms with E-state index >= 15 is 0 Å². The molecule has 0 heterocycles. The van der Waals surface area contributed by atoms with Gasteiger partial charge in [0.05, 0.1) is 11.1 Å². The molecular formula is C17H20ClNO. The number of benzene rings is 2. The summed E-state index contributed by atoms with van der Waals surface area (Å²) < 4.78 is 5.63. The Balaban J connectivity index is 2.09. The molecular weight excluding hydrogens is 270 g/mol. The Hall–Kier alpha value is -1.67. The molecule has 0 amide bonds. The van der Waals surface area contributed by atoms with Gasteiger partial charge in [-0.3, -0.25) is 0 Å². The van der Waals surface area contributed by atoms with Gasteiger partial charge in [-0.15, -0.1) is 0 Å². The normalized spacial score (nSPS) is 12.2. The Morgan fingerprint density at radius 2 is 1.70 bits per heavy atom. The lowest BCUT2D eigenvalue weighted by atomic mass is 10.1. The first-order valence-corrected chi connectivity index (χ1v) is 7.21. The second-order valence-electron chi connectivity index (χ2n) is 5.09. The lowest BCUT2D eigenvalue weighted by molar-refractivity contribution is 0.242. The van der Waals surface area contributed by atoms with Gasteiger partial charge in [-0.05, 0) is 44.5 Å². The Morgan fingerprint density at radius 1 is 1.00 bits per heavy atom. The highest BCUT2D eigenvalue weighted by Gasteiger charge is 2.08. The molecule has 0 saturated heterocycles. The zero-order valence-corrected chi connectivity index (χ0v) is 12.8. The molecule has 1 N–H and O–H groups in total. The molecule has 20 heavy (non-hydrogen) atoms. The molecule has 3 heteroatoms. The maximum atomic E-state index is 6.24. The van der Waals surface area contributed by atoms with Gasteiger partial charge in [0, 0.05) is 11.7 Å². The third-order valence-corrected chi connectivity index (χ3v) is 3.27. The van der Waals surface area contributed by atoms with Gasteiger partial charge >= 0.3 is 0 Å². The van der Waals surface area contributed by atoms with Crippen LogP contribution in [0.4, 0.5) is 5.69 Å². The molecule has 2 rings (SSSR count). The van der Waals surface area contributed by atoms with Gasteiger partial charge in [-0.25, -0.2) is 0 Å². The van der Waals surface area contributed by atoms with Crippen LogP contribution in [0, 0.1) is 0 Å². The third-order valence-electron chi connectivity index (χ3n) is 2.98. The van der Waals surface area contributed by atoms with Gasteiger partial charge in [-0.1, -0.05) is 41.9 Å². The van der Waals surface area contributed by atoms with Gasteiger partial charge in [0.2, 0.25) is 0 Å². The number of rotatable bonds is 5. The van der Waals surface area contributed by atoms with E-state index in [1.165, 1.54) is 5.56 Å². The molecule has 0 saturated carbocycles. The highest BCUT2D eigenvalue weighted by atomic mass is 35.5. The summed E-state index contributed by atoms with van der Waals surface area (Å²) >= 11 is 6.24. The molecule has 0 fully saturated rings. The average molecular weight is 290 g/mol. The second kappa shape index (κ2) is 6.67. The summed E-state index contributed by atoms with van der Waals surface area (Å²) in [5.41, 5.74) is 2.23. The third kappa shape index (κ3) is 3.91. The summed E-state index contributed by atoms with van der Waals surface area (Å²) in [5, 5.41) is 4.07. The number of ether oxygens (including phenoxy) is 1. The summed E-state index contributed by atoms with van der Waals surface area (Å²) in [5.74, 6) is 0.722. The van der Waals surface area contributed by atoms with Crippen LogP contribution in [0.1, 0.15) is 32.4 Å². The average Bonchev–Trinajstić information content (AvgIpc) is 2.42. The van der Waals surface area contributed by atoms with Crippen molar-refractivity contribution in [1.29, 1.82) is 0 Å². The smallest absolute Gasteiger partial charge is 0.138 e. The van der Waals surface area contributed by atoms with E-state index in [1.807, 2.05) is 50.2 Å². The van der Waals surface area contributed by atoms with Crippen molar-refractivity contribution >= 4 is 17.3 Å². The fourth-order valence-electron chi connectivity index (χ4n) is 2.02. The maximum absolute atomic E-state index is 6.24. The van der Waals surface area contributed by atoms with Crippen LogP contribution in [0.5, 0.6) is 5.75 Å². The van der Waals surface area contributed by atoms with Crippen LogP contribution in [-0.4, -0.2) is 6.10 Å². The number of anilines is 1. The molecule has 0 radical (unpaired) electrons. The molecule has 0 aliphatic rings. The fourth-order valence-corrected chi connectivity index (χ4v) is 2.24. The van der Waals surface area contributed by atoms with Crippen molar-refractivity contribution in [2.24, 2.45) is 0 Å². The number of hydrogen-bond acceptors (Lipinski definition) is 2. The van der Waals surface area contributed by atoms with E-state index < -0.39 is 0 Å². The monoisotopic (exact) mass is 289 g/mol. The first-order chi connectivity index (χ1) is 9.56. The largest absolute Gasteiger partial charge is 0.489 e. The Bertz CT molecular complexity index is 554. The molecule has 0 aliphatic carbocycles. The molecule has 2 aromatic rings. The van der Waals surface area contributed by atoms with Crippen molar-refractivity contribution in [2.45, 2.75) is 32.9 Å². The summed E-state index contributed by atoms with van der Waals surface area (Å²) in [7, 11) is 0. The van der Waals surface area contributed by atoms with Crippen molar-refractivity contribution in [2.75, 3.05) is 5.32 Å². The lowest BCUT2D eigenvalue weighted by Gasteiger charge is -2.17. The van der Waals surface area contributed by atoms with Crippen LogP contribution in [-0.2, 0) is 0 Å². The predicted octanol–water partition coefficient (Wildman–Crippen LogP) is 5.30. The zero-order valence-electron chi connectivity index (χ0n) is 12.1. The Morgan fingerprint density at radius 3 is 2.30 bits per heavy atom. The van der Waals surface area contributed by atoms with E-state index in [4.69, 9.17) is 16.3 Å². The van der Waals surface area contributed by atoms with Gasteiger partial charge in [0.25, 0.3) is 0 Å². The van der Waals surface area contributed by atoms with Gasteiger partial charge in [-0.2, -0.15) is 0 Å². The van der Waals surface area contributed by atoms with Crippen molar-refractivity contribution in [3.8, 4) is 5.75 Å². The number of halogens is 1. The minimum Gasteiger partial charge on any atom is -0.489 e. The first kappa shape index (κ1) is 14.7. The van der Waals surface area contributed by atoms with Crippen molar-refractivity contribution in [3.63, 3.8) is 0 Å². The van der Waals surface area contributed by atoms with Crippen molar-refractivity contribution < 1.29 is 4.74 Å². The molecule has 0 aliphatic heterocycles. The molecule has 2 nitrogen and oxygen atoms in total. The quantitative estimate of drug-likeness (QED) is 0.806. The van der Waals surface area contributed by atoms with E-state index in [2.05, 4.69) is 24.4 Å². The fraction of sp³-hybridized carbons (Fsp3) is 0.294. The summed E-state index contributed by atoms with van der Waals surface area (Å²) in [6.45, 7) is 6.10. The maximum Gasteiger partial charge on any atom is 0.138 e. The van der Waals surface area contributed by atoms with E-state index in [0.717, 1.165) is 11.4 Å². The zero-order chi connectivity index (χ0) is 14.5. The van der Waals surface area contributed by atoms with E-state index in [9.17, 15) is 0 Å². The van der Waals surface area contributed by atoms with Crippen molar-refractivity contribution in [3.05, 3.63) is 59.1 Å². The van der Waals surface area contributed by atoms with Gasteiger partial charge < -0.3 is 10.1 Å². The van der Waals surface area contributed by atoms with Crippen LogP contribution >= 0.6 is 11.6 Å². The lowest BCUT2D eigenvalue weighted by Crippen LogP contribution is -2.08. The standard InChI is InChI=1S/C17H20ClNO/c1-12(2)20-17-10-9-15(11-16(17)18)19-13(3)14-7-5-4-6-8-14/h4-13,19H,1-3H3. The van der Waals surface area contributed by atoms with E-state index in [-0.39, 0.29) is 12.1 Å². The van der Waals surface area contributed by atoms with Crippen LogP contribution in [0.3, 0.4) is 0 Å². The number of hydrogen-bond donors (Lipinski definition) is 1. The van der Waals surface area contributed by atoms with Crippen LogP contribution < -0.4 is 10.1 Å². The molecule has 1 unspecified atom stereocenters. The molecule has 0 bridgehead atoms. The van der Waals surface area contributed by atoms with Gasteiger partial charge in [0.15, 0.2) is 0 Å². The van der Waals surface area contributed by atoms with Crippen molar-refractivity contribution in [1.82, 2.24) is 0 Å². The molecule has 0 aromatic heterocycles. The predicted molar refractivity (Wildman–Crippen MR) is 85.7 cm³/mol. The minimum absolute atomic E-state index is 0.120. The SMILES string of the molecule is CC(C)Oc1ccc(NC(C)c2ccccc2)cc1Cl. The molecule has 0 spiro atoms. The minimum atomic E-state index is 0.120. The van der Waals surface area contributed by atoms with Gasteiger partial charge in [0.1, 0.15) is 5.75 Å². The topological polar surface area (TPSA) is 21.3 Å². The Labute approximate surface area is 125 Å². The molecule has 1 atom stereocenters. The second-order valence-corrected chi connectivity index (χ2v) is 5.50. The van der Waals surface area contributed by atoms with E-state index in [1.54, 1.807) is 0 Å². The summed E-state index contributed by atoms with van der Waals surface area (Å²) in [6.07, 6.45) is 0.120. The molecule has 106 valence electrons. The highest BCUT2D eigenvalue weighted by molar-refractivity contribution is 6.32. The first-order valence-electron chi connectivity index (χ1n) is 6.84. The summed E-state index contributed by atoms with van der Waals surface area (Å²) in [6, 6.07) is 16.3. The summed E-state index contributed by atoms with van der Waals surface area (Å²) in [4.78, 5) is 0. The molecule has 2 aromatic carbocycles. The van der Waals surface area contributed by atoms with Crippen LogP contribution in [0.15, 0.2) is 48.5 Å². The van der Waals surface area contributed by atoms with Crippen LogP contribution in [0.25, 0.3) is 0 Å². The van der Waals surface area contributed by atoms with E-state index in [0.29, 0.717) is 5.02 Å².